The van der Waals surface area contributed by atoms with Crippen molar-refractivity contribution in [3.05, 3.63) is 73.4 Å². The van der Waals surface area contributed by atoms with Crippen LogP contribution in [0, 0.1) is 5.82 Å². The van der Waals surface area contributed by atoms with Gasteiger partial charge < -0.3 is 10.2 Å². The summed E-state index contributed by atoms with van der Waals surface area (Å²) in [5, 5.41) is 2.99. The van der Waals surface area contributed by atoms with Crippen LogP contribution in [0.3, 0.4) is 0 Å². The first-order valence-electron chi connectivity index (χ1n) is 7.30. The van der Waals surface area contributed by atoms with Crippen LogP contribution in [0.15, 0.2) is 56.4 Å². The van der Waals surface area contributed by atoms with Crippen LogP contribution >= 0.6 is 0 Å². The molecule has 118 valence electrons. The van der Waals surface area contributed by atoms with Gasteiger partial charge in [0, 0.05) is 35.6 Å². The molecule has 1 aromatic carbocycles. The predicted octanol–water partition coefficient (Wildman–Crippen LogP) is 4.79. The molecule has 0 spiro atoms. The van der Waals surface area contributed by atoms with Crippen molar-refractivity contribution in [2.45, 2.75) is 25.8 Å². The van der Waals surface area contributed by atoms with Crippen molar-refractivity contribution in [1.82, 2.24) is 10.2 Å². The van der Waals surface area contributed by atoms with Gasteiger partial charge in [-0.05, 0) is 32.0 Å². The fraction of sp³-hybridized carbons (Fsp3) is 0.263. The molecule has 1 aromatic rings. The lowest BCUT2D eigenvalue weighted by molar-refractivity contribution is 0.351. The Morgan fingerprint density at radius 3 is 2.64 bits per heavy atom. The molecule has 0 aromatic heterocycles. The molecule has 0 fully saturated rings. The van der Waals surface area contributed by atoms with Crippen molar-refractivity contribution in [3.8, 4) is 0 Å². The first-order valence-corrected chi connectivity index (χ1v) is 7.30. The van der Waals surface area contributed by atoms with Crippen molar-refractivity contribution in [1.29, 1.82) is 0 Å². The second-order valence-corrected chi connectivity index (χ2v) is 5.30. The van der Waals surface area contributed by atoms with Gasteiger partial charge in [-0.2, -0.15) is 0 Å². The summed E-state index contributed by atoms with van der Waals surface area (Å²) in [7, 11) is 1.97. The minimum Gasteiger partial charge on any atom is -0.372 e. The third-order valence-electron chi connectivity index (χ3n) is 3.82. The molecule has 1 unspecified atom stereocenters. The van der Waals surface area contributed by atoms with E-state index < -0.39 is 0 Å². The maximum absolute atomic E-state index is 13.9. The third kappa shape index (κ3) is 4.35. The molecule has 0 saturated heterocycles. The molecule has 0 aliphatic carbocycles. The summed E-state index contributed by atoms with van der Waals surface area (Å²) in [4.78, 5) is 2.06. The van der Waals surface area contributed by atoms with Gasteiger partial charge in [-0.15, -0.1) is 0 Å². The van der Waals surface area contributed by atoms with E-state index >= 15 is 0 Å². The van der Waals surface area contributed by atoms with Crippen molar-refractivity contribution in [3.63, 3.8) is 0 Å². The summed E-state index contributed by atoms with van der Waals surface area (Å²) < 4.78 is 13.9. The van der Waals surface area contributed by atoms with Gasteiger partial charge in [0.15, 0.2) is 0 Å². The van der Waals surface area contributed by atoms with Crippen LogP contribution in [0.1, 0.15) is 30.9 Å². The molecular formula is C19H25FN2. The Balaban J connectivity index is 2.80. The lowest BCUT2D eigenvalue weighted by Crippen LogP contribution is -2.28. The van der Waals surface area contributed by atoms with Gasteiger partial charge in [-0.1, -0.05) is 44.5 Å². The highest BCUT2D eigenvalue weighted by atomic mass is 19.1. The number of allylic oxidation sites excluding steroid dienone is 1. The second-order valence-electron chi connectivity index (χ2n) is 5.30. The molecule has 0 aliphatic heterocycles. The number of rotatable bonds is 9. The Morgan fingerprint density at radius 2 is 2.05 bits per heavy atom. The number of benzene rings is 1. The Morgan fingerprint density at radius 1 is 1.36 bits per heavy atom. The number of halogens is 1. The molecule has 22 heavy (non-hydrogen) atoms. The maximum Gasteiger partial charge on any atom is 0.131 e. The predicted molar refractivity (Wildman–Crippen MR) is 94.5 cm³/mol. The highest BCUT2D eigenvalue weighted by Crippen LogP contribution is 2.26. The minimum atomic E-state index is -0.279. The van der Waals surface area contributed by atoms with E-state index in [1.165, 1.54) is 12.1 Å². The van der Waals surface area contributed by atoms with E-state index in [2.05, 4.69) is 43.5 Å². The fourth-order valence-corrected chi connectivity index (χ4v) is 2.25. The average Bonchev–Trinajstić information content (AvgIpc) is 2.51. The van der Waals surface area contributed by atoms with Gasteiger partial charge in [0.2, 0.25) is 0 Å². The normalized spacial score (nSPS) is 11.4. The first-order chi connectivity index (χ1) is 10.4. The number of hydrogen-bond acceptors (Lipinski definition) is 2. The zero-order valence-electron chi connectivity index (χ0n) is 13.5. The van der Waals surface area contributed by atoms with Crippen molar-refractivity contribution >= 4 is 11.8 Å². The van der Waals surface area contributed by atoms with Gasteiger partial charge in [0.25, 0.3) is 0 Å². The molecule has 0 heterocycles. The average molecular weight is 300 g/mol. The van der Waals surface area contributed by atoms with Crippen LogP contribution in [-0.4, -0.2) is 18.0 Å². The lowest BCUT2D eigenvalue weighted by atomic mass is 10.0. The molecule has 0 aliphatic rings. The van der Waals surface area contributed by atoms with Crippen LogP contribution in [0.2, 0.25) is 0 Å². The summed E-state index contributed by atoms with van der Waals surface area (Å²) in [6.07, 6.45) is 4.90. The molecule has 3 heteroatoms. The smallest absolute Gasteiger partial charge is 0.131 e. The molecule has 0 bridgehead atoms. The van der Waals surface area contributed by atoms with Crippen LogP contribution in [-0.2, 0) is 0 Å². The quantitative estimate of drug-likeness (QED) is 0.705. The summed E-state index contributed by atoms with van der Waals surface area (Å²) in [5.74, 6) is -0.279. The Kier molecular flexibility index (Phi) is 6.64. The standard InChI is InChI=1S/C19H25FN2/c1-7-17-18(10-9-11-19(17)20)16(5)22(6)15(4)13-12-14(3)21-8-2/h7-11,15,21H,1-3,5,12-13H2,4,6H3. The van der Waals surface area contributed by atoms with Gasteiger partial charge in [-0.25, -0.2) is 4.39 Å². The van der Waals surface area contributed by atoms with E-state index in [-0.39, 0.29) is 11.9 Å². The van der Waals surface area contributed by atoms with Crippen LogP contribution in [0.4, 0.5) is 4.39 Å². The SMILES string of the molecule is C=CNC(=C)CCC(C)N(C)C(=C)c1cccc(F)c1C=C. The summed E-state index contributed by atoms with van der Waals surface area (Å²) in [6.45, 7) is 17.5. The molecular weight excluding hydrogens is 275 g/mol. The zero-order chi connectivity index (χ0) is 16.7. The van der Waals surface area contributed by atoms with Gasteiger partial charge in [-0.3, -0.25) is 0 Å². The fourth-order valence-electron chi connectivity index (χ4n) is 2.25. The lowest BCUT2D eigenvalue weighted by Gasteiger charge is -2.30. The van der Waals surface area contributed by atoms with E-state index in [1.807, 2.05) is 13.1 Å². The topological polar surface area (TPSA) is 15.3 Å². The third-order valence-corrected chi connectivity index (χ3v) is 3.82. The largest absolute Gasteiger partial charge is 0.372 e. The highest BCUT2D eigenvalue weighted by Gasteiger charge is 2.16. The molecule has 1 N–H and O–H groups in total. The number of hydrogen-bond donors (Lipinski definition) is 1. The second kappa shape index (κ2) is 8.23. The summed E-state index contributed by atoms with van der Waals surface area (Å²) >= 11 is 0. The van der Waals surface area contributed by atoms with Crippen molar-refractivity contribution in [2.75, 3.05) is 7.05 Å². The number of nitrogens with zero attached hydrogens (tertiary/aromatic N) is 1. The molecule has 0 amide bonds. The van der Waals surface area contributed by atoms with Gasteiger partial charge >= 0.3 is 0 Å². The van der Waals surface area contributed by atoms with E-state index in [0.29, 0.717) is 5.56 Å². The van der Waals surface area contributed by atoms with E-state index in [9.17, 15) is 4.39 Å². The zero-order valence-corrected chi connectivity index (χ0v) is 13.5. The van der Waals surface area contributed by atoms with Gasteiger partial charge in [0.05, 0.1) is 0 Å². The van der Waals surface area contributed by atoms with E-state index in [1.54, 1.807) is 12.3 Å². The Labute approximate surface area is 133 Å². The first kappa shape index (κ1) is 17.8. The van der Waals surface area contributed by atoms with Crippen LogP contribution in [0.25, 0.3) is 11.8 Å². The van der Waals surface area contributed by atoms with Crippen molar-refractivity contribution < 1.29 is 4.39 Å². The molecule has 0 saturated carbocycles. The van der Waals surface area contributed by atoms with E-state index in [0.717, 1.165) is 29.8 Å². The number of nitrogens with one attached hydrogen (secondary N) is 1. The Hall–Kier alpha value is -2.29. The van der Waals surface area contributed by atoms with Gasteiger partial charge in [0.1, 0.15) is 5.82 Å². The molecule has 1 atom stereocenters. The summed E-state index contributed by atoms with van der Waals surface area (Å²) in [5.41, 5.74) is 2.97. The maximum atomic E-state index is 13.9. The molecule has 1 rings (SSSR count). The molecule has 2 nitrogen and oxygen atoms in total. The highest BCUT2D eigenvalue weighted by molar-refractivity contribution is 5.71. The summed E-state index contributed by atoms with van der Waals surface area (Å²) in [6, 6.07) is 5.24. The van der Waals surface area contributed by atoms with E-state index in [4.69, 9.17) is 0 Å². The Bertz CT molecular complexity index is 575. The minimum absolute atomic E-state index is 0.247. The monoisotopic (exact) mass is 300 g/mol. The van der Waals surface area contributed by atoms with Crippen molar-refractivity contribution in [2.24, 2.45) is 0 Å². The van der Waals surface area contributed by atoms with Crippen LogP contribution < -0.4 is 5.32 Å². The molecule has 0 radical (unpaired) electrons. The van der Waals surface area contributed by atoms with Crippen LogP contribution in [0.5, 0.6) is 0 Å².